The fraction of sp³-hybridized carbons (Fsp3) is 0.250. The summed E-state index contributed by atoms with van der Waals surface area (Å²) in [6.07, 6.45) is -1.87. The summed E-state index contributed by atoms with van der Waals surface area (Å²) >= 11 is 0. The summed E-state index contributed by atoms with van der Waals surface area (Å²) in [5, 5.41) is 20.9. The van der Waals surface area contributed by atoms with Gasteiger partial charge in [0.25, 0.3) is 5.91 Å². The van der Waals surface area contributed by atoms with Crippen molar-refractivity contribution in [1.29, 1.82) is 0 Å². The lowest BCUT2D eigenvalue weighted by Gasteiger charge is -2.25. The zero-order chi connectivity index (χ0) is 22.8. The van der Waals surface area contributed by atoms with Gasteiger partial charge >= 0.3 is 11.9 Å². The minimum Gasteiger partial charge on any atom is -0.481 e. The molecule has 164 valence electrons. The molecule has 2 atom stereocenters. The van der Waals surface area contributed by atoms with Crippen LogP contribution >= 0.6 is 0 Å². The smallest absolute Gasteiger partial charge is 0.322 e. The third kappa shape index (κ3) is 5.38. The van der Waals surface area contributed by atoms with Crippen molar-refractivity contribution in [1.82, 2.24) is 4.72 Å². The van der Waals surface area contributed by atoms with Gasteiger partial charge in [0.2, 0.25) is 10.0 Å². The van der Waals surface area contributed by atoms with Crippen LogP contribution in [0.5, 0.6) is 5.75 Å². The van der Waals surface area contributed by atoms with Crippen LogP contribution < -0.4 is 14.8 Å². The number of nitrogens with one attached hydrogen (secondary N) is 2. The van der Waals surface area contributed by atoms with Crippen LogP contribution in [-0.2, 0) is 30.8 Å². The molecular formula is C20H20N2O8S. The first-order valence-corrected chi connectivity index (χ1v) is 10.7. The van der Waals surface area contributed by atoms with Gasteiger partial charge in [-0.15, -0.1) is 0 Å². The lowest BCUT2D eigenvalue weighted by atomic mass is 10.0. The van der Waals surface area contributed by atoms with Gasteiger partial charge in [-0.05, 0) is 43.2 Å². The van der Waals surface area contributed by atoms with E-state index in [1.54, 1.807) is 19.1 Å². The Morgan fingerprint density at radius 3 is 2.45 bits per heavy atom. The molecule has 0 fully saturated rings. The number of rotatable bonds is 8. The van der Waals surface area contributed by atoms with E-state index in [4.69, 9.17) is 9.84 Å². The molecule has 0 aliphatic carbocycles. The second kappa shape index (κ2) is 8.74. The fourth-order valence-electron chi connectivity index (χ4n) is 3.01. The molecule has 1 aliphatic rings. The normalized spacial score (nSPS) is 16.5. The average molecular weight is 448 g/mol. The molecule has 1 aliphatic heterocycles. The molecule has 0 aromatic heterocycles. The van der Waals surface area contributed by atoms with Gasteiger partial charge in [0.1, 0.15) is 11.8 Å². The van der Waals surface area contributed by atoms with Crippen LogP contribution in [0.25, 0.3) is 0 Å². The number of amides is 1. The number of fused-ring (bicyclic) bond motifs is 1. The molecule has 4 N–H and O–H groups in total. The lowest BCUT2D eigenvalue weighted by Crippen LogP contribution is -2.42. The molecule has 10 nitrogen and oxygen atoms in total. The zero-order valence-corrected chi connectivity index (χ0v) is 17.2. The molecule has 0 saturated carbocycles. The minimum atomic E-state index is -4.07. The number of anilines is 1. The van der Waals surface area contributed by atoms with Crippen molar-refractivity contribution < 1.29 is 37.8 Å². The molecule has 11 heteroatoms. The van der Waals surface area contributed by atoms with Gasteiger partial charge in [-0.25, -0.2) is 8.42 Å². The van der Waals surface area contributed by atoms with Crippen LogP contribution in [0, 0.1) is 6.92 Å². The third-order valence-electron chi connectivity index (χ3n) is 4.59. The molecular weight excluding hydrogens is 428 g/mol. The van der Waals surface area contributed by atoms with Crippen LogP contribution in [-0.4, -0.2) is 48.6 Å². The summed E-state index contributed by atoms with van der Waals surface area (Å²) in [7, 11) is -4.07. The summed E-state index contributed by atoms with van der Waals surface area (Å²) in [5.74, 6) is -2.95. The topological polar surface area (TPSA) is 159 Å². The summed E-state index contributed by atoms with van der Waals surface area (Å²) in [5.41, 5.74) is 1.53. The molecule has 1 unspecified atom stereocenters. The van der Waals surface area contributed by atoms with Crippen LogP contribution in [0.2, 0.25) is 0 Å². The molecule has 0 radical (unpaired) electrons. The van der Waals surface area contributed by atoms with Crippen molar-refractivity contribution in [2.45, 2.75) is 36.8 Å². The number of hydrogen-bond donors (Lipinski definition) is 4. The summed E-state index contributed by atoms with van der Waals surface area (Å²) in [6.45, 7) is 1.80. The predicted molar refractivity (Wildman–Crippen MR) is 108 cm³/mol. The first-order valence-electron chi connectivity index (χ1n) is 9.19. The zero-order valence-electron chi connectivity index (χ0n) is 16.4. The largest absolute Gasteiger partial charge is 0.481 e. The molecule has 0 spiro atoms. The first-order chi connectivity index (χ1) is 14.5. The number of carbonyl (C=O) groups excluding carboxylic acids is 1. The van der Waals surface area contributed by atoms with Gasteiger partial charge in [0, 0.05) is 0 Å². The van der Waals surface area contributed by atoms with E-state index in [0.717, 1.165) is 5.56 Å². The Balaban J connectivity index is 1.77. The van der Waals surface area contributed by atoms with Crippen molar-refractivity contribution in [2.75, 3.05) is 5.32 Å². The van der Waals surface area contributed by atoms with Crippen LogP contribution in [0.15, 0.2) is 47.4 Å². The van der Waals surface area contributed by atoms with Gasteiger partial charge < -0.3 is 20.3 Å². The third-order valence-corrected chi connectivity index (χ3v) is 6.08. The highest BCUT2D eigenvalue weighted by Gasteiger charge is 2.31. The summed E-state index contributed by atoms with van der Waals surface area (Å²) < 4.78 is 32.7. The Bertz CT molecular complexity index is 1130. The molecule has 2 aromatic carbocycles. The van der Waals surface area contributed by atoms with Gasteiger partial charge in [-0.2, -0.15) is 4.72 Å². The van der Waals surface area contributed by atoms with E-state index >= 15 is 0 Å². The number of carboxylic acid groups (broad SMARTS) is 2. The monoisotopic (exact) mass is 448 g/mol. The Kier molecular flexibility index (Phi) is 6.27. The van der Waals surface area contributed by atoms with Crippen molar-refractivity contribution in [2.24, 2.45) is 0 Å². The number of sulfonamides is 1. The SMILES string of the molecule is Cc1ccc(S(=O)(=O)N[C@@H](Cc2ccc3c(c2)NC(=O)C(CC(=O)O)O3)C(=O)O)cc1. The molecule has 3 rings (SSSR count). The highest BCUT2D eigenvalue weighted by atomic mass is 32.2. The minimum absolute atomic E-state index is 0.0556. The maximum Gasteiger partial charge on any atom is 0.322 e. The molecule has 31 heavy (non-hydrogen) atoms. The Morgan fingerprint density at radius 2 is 1.84 bits per heavy atom. The quantitative estimate of drug-likeness (QED) is 0.468. The molecule has 2 aromatic rings. The van der Waals surface area contributed by atoms with Gasteiger partial charge in [-0.1, -0.05) is 23.8 Å². The Hall–Kier alpha value is -3.44. The highest BCUT2D eigenvalue weighted by Crippen LogP contribution is 2.31. The van der Waals surface area contributed by atoms with Crippen LogP contribution in [0.1, 0.15) is 17.5 Å². The van der Waals surface area contributed by atoms with Gasteiger partial charge in [0.05, 0.1) is 17.0 Å². The van der Waals surface area contributed by atoms with Crippen LogP contribution in [0.3, 0.4) is 0 Å². The lowest BCUT2D eigenvalue weighted by molar-refractivity contribution is -0.142. The maximum atomic E-state index is 12.5. The number of aliphatic carboxylic acids is 2. The number of carbonyl (C=O) groups is 3. The number of ether oxygens (including phenoxy) is 1. The van der Waals surface area contributed by atoms with Crippen LogP contribution in [0.4, 0.5) is 5.69 Å². The number of aryl methyl sites for hydroxylation is 1. The average Bonchev–Trinajstić information content (AvgIpc) is 2.68. The summed E-state index contributed by atoms with van der Waals surface area (Å²) in [6, 6.07) is 8.97. The number of benzene rings is 2. The molecule has 1 amide bonds. The van der Waals surface area contributed by atoms with E-state index < -0.39 is 46.4 Å². The molecule has 1 heterocycles. The van der Waals surface area contributed by atoms with Gasteiger partial charge in [-0.3, -0.25) is 14.4 Å². The first kappa shape index (κ1) is 22.2. The Labute approximate surface area is 177 Å². The van der Waals surface area contributed by atoms with Crippen molar-refractivity contribution >= 4 is 33.6 Å². The van der Waals surface area contributed by atoms with E-state index in [9.17, 15) is 27.9 Å². The van der Waals surface area contributed by atoms with E-state index in [2.05, 4.69) is 10.0 Å². The van der Waals surface area contributed by atoms with E-state index in [1.165, 1.54) is 30.3 Å². The van der Waals surface area contributed by atoms with Gasteiger partial charge in [0.15, 0.2) is 6.10 Å². The predicted octanol–water partition coefficient (Wildman–Crippen LogP) is 1.14. The number of hydrogen-bond acceptors (Lipinski definition) is 6. The standard InChI is InChI=1S/C20H20N2O8S/c1-11-2-5-13(6-3-11)31(28,29)22-15(20(26)27)9-12-4-7-16-14(8-12)21-19(25)17(30-16)10-18(23)24/h2-8,15,17,22H,9-10H2,1H3,(H,21,25)(H,23,24)(H,26,27)/t15-,17?/m0/s1. The van der Waals surface area contributed by atoms with Crippen molar-refractivity contribution in [3.8, 4) is 5.75 Å². The van der Waals surface area contributed by atoms with E-state index in [1.807, 2.05) is 0 Å². The fourth-order valence-corrected chi connectivity index (χ4v) is 4.19. The molecule has 0 bridgehead atoms. The maximum absolute atomic E-state index is 12.5. The number of carboxylic acids is 2. The van der Waals surface area contributed by atoms with Crippen molar-refractivity contribution in [3.63, 3.8) is 0 Å². The highest BCUT2D eigenvalue weighted by molar-refractivity contribution is 7.89. The Morgan fingerprint density at radius 1 is 1.16 bits per heavy atom. The van der Waals surface area contributed by atoms with E-state index in [-0.39, 0.29) is 22.8 Å². The molecule has 0 saturated heterocycles. The second-order valence-corrected chi connectivity index (χ2v) is 8.77. The summed E-state index contributed by atoms with van der Waals surface area (Å²) in [4.78, 5) is 34.5. The van der Waals surface area contributed by atoms with Crippen molar-refractivity contribution in [3.05, 3.63) is 53.6 Å². The van der Waals surface area contributed by atoms with E-state index in [0.29, 0.717) is 5.56 Å². The second-order valence-electron chi connectivity index (χ2n) is 7.05.